The fraction of sp³-hybridized carbons (Fsp3) is 0.231. The Morgan fingerprint density at radius 1 is 0.818 bits per heavy atom. The molecule has 1 saturated heterocycles. The predicted molar refractivity (Wildman–Crippen MR) is 131 cm³/mol. The van der Waals surface area contributed by atoms with Gasteiger partial charge in [-0.15, -0.1) is 0 Å². The minimum absolute atomic E-state index is 0.105. The van der Waals surface area contributed by atoms with Crippen molar-refractivity contribution in [2.75, 3.05) is 31.5 Å². The summed E-state index contributed by atoms with van der Waals surface area (Å²) in [7, 11) is 0. The highest BCUT2D eigenvalue weighted by Crippen LogP contribution is 2.19. The molecule has 1 heterocycles. The number of piperazine rings is 1. The van der Waals surface area contributed by atoms with Gasteiger partial charge < -0.3 is 15.5 Å². The van der Waals surface area contributed by atoms with E-state index in [1.54, 1.807) is 24.3 Å². The molecule has 7 heteroatoms. The lowest BCUT2D eigenvalue weighted by Gasteiger charge is -2.36. The Morgan fingerprint density at radius 3 is 2.06 bits per heavy atom. The molecule has 0 spiro atoms. The molecule has 4 rings (SSSR count). The number of benzene rings is 3. The molecule has 3 amide bonds. The van der Waals surface area contributed by atoms with Crippen LogP contribution in [0.4, 0.5) is 10.5 Å². The lowest BCUT2D eigenvalue weighted by atomic mass is 10.1. The van der Waals surface area contributed by atoms with Crippen LogP contribution in [-0.4, -0.2) is 47.9 Å². The van der Waals surface area contributed by atoms with E-state index in [9.17, 15) is 9.59 Å². The normalized spacial score (nSPS) is 15.0. The van der Waals surface area contributed by atoms with Gasteiger partial charge in [0.2, 0.25) is 5.91 Å². The predicted octanol–water partition coefficient (Wildman–Crippen LogP) is 4.55. The van der Waals surface area contributed by atoms with Crippen molar-refractivity contribution in [1.29, 1.82) is 0 Å². The highest BCUT2D eigenvalue weighted by atomic mass is 35.5. The van der Waals surface area contributed by atoms with Gasteiger partial charge in [-0.3, -0.25) is 9.69 Å². The Balaban J connectivity index is 1.40. The molecule has 0 aromatic heterocycles. The standard InChI is InChI=1S/C26H27ClN4O2/c27-22-11-13-23(14-12-22)28-26(33)29-24(21-9-5-2-6-10-21)25(32)31-17-15-30(16-18-31)19-20-7-3-1-4-8-20/h1-14,24H,15-19H2,(H2,28,29,33). The summed E-state index contributed by atoms with van der Waals surface area (Å²) in [6, 6.07) is 25.3. The van der Waals surface area contributed by atoms with E-state index in [4.69, 9.17) is 11.6 Å². The monoisotopic (exact) mass is 462 g/mol. The summed E-state index contributed by atoms with van der Waals surface area (Å²) in [6.07, 6.45) is 0. The number of carbonyl (C=O) groups excluding carboxylic acids is 2. The molecular formula is C26H27ClN4O2. The molecule has 0 radical (unpaired) electrons. The van der Waals surface area contributed by atoms with Crippen LogP contribution in [0.5, 0.6) is 0 Å². The number of halogens is 1. The first-order valence-corrected chi connectivity index (χ1v) is 11.4. The lowest BCUT2D eigenvalue weighted by molar-refractivity contribution is -0.135. The van der Waals surface area contributed by atoms with E-state index in [1.165, 1.54) is 5.56 Å². The number of nitrogens with zero attached hydrogens (tertiary/aromatic N) is 2. The van der Waals surface area contributed by atoms with Gasteiger partial charge in [-0.2, -0.15) is 0 Å². The number of amides is 3. The topological polar surface area (TPSA) is 64.7 Å². The highest BCUT2D eigenvalue weighted by Gasteiger charge is 2.30. The number of nitrogens with one attached hydrogen (secondary N) is 2. The molecule has 0 aliphatic carbocycles. The van der Waals surface area contributed by atoms with Crippen molar-refractivity contribution < 1.29 is 9.59 Å². The lowest BCUT2D eigenvalue weighted by Crippen LogP contribution is -2.52. The van der Waals surface area contributed by atoms with E-state index in [0.29, 0.717) is 23.8 Å². The van der Waals surface area contributed by atoms with Crippen molar-refractivity contribution in [3.8, 4) is 0 Å². The van der Waals surface area contributed by atoms with Crippen molar-refractivity contribution in [3.05, 3.63) is 101 Å². The maximum Gasteiger partial charge on any atom is 0.320 e. The van der Waals surface area contributed by atoms with E-state index in [1.807, 2.05) is 53.4 Å². The van der Waals surface area contributed by atoms with Crippen molar-refractivity contribution in [1.82, 2.24) is 15.1 Å². The molecule has 1 aliphatic rings. The minimum atomic E-state index is -0.765. The zero-order valence-corrected chi connectivity index (χ0v) is 19.0. The van der Waals surface area contributed by atoms with Crippen LogP contribution < -0.4 is 10.6 Å². The van der Waals surface area contributed by atoms with Crippen LogP contribution in [0, 0.1) is 0 Å². The largest absolute Gasteiger partial charge is 0.338 e. The number of urea groups is 1. The third kappa shape index (κ3) is 6.34. The summed E-state index contributed by atoms with van der Waals surface area (Å²) in [6.45, 7) is 3.69. The van der Waals surface area contributed by atoms with Crippen LogP contribution in [-0.2, 0) is 11.3 Å². The number of hydrogen-bond donors (Lipinski definition) is 2. The van der Waals surface area contributed by atoms with Gasteiger partial charge in [-0.25, -0.2) is 4.79 Å². The number of anilines is 1. The van der Waals surface area contributed by atoms with E-state index in [-0.39, 0.29) is 5.91 Å². The zero-order chi connectivity index (χ0) is 23.0. The molecule has 2 N–H and O–H groups in total. The average molecular weight is 463 g/mol. The van der Waals surface area contributed by atoms with Gasteiger partial charge in [-0.1, -0.05) is 72.3 Å². The Kier molecular flexibility index (Phi) is 7.60. The fourth-order valence-electron chi connectivity index (χ4n) is 3.92. The van der Waals surface area contributed by atoms with E-state index in [2.05, 4.69) is 27.7 Å². The molecule has 0 saturated carbocycles. The smallest absolute Gasteiger partial charge is 0.320 e. The molecule has 3 aromatic rings. The zero-order valence-electron chi connectivity index (χ0n) is 18.3. The van der Waals surface area contributed by atoms with E-state index in [0.717, 1.165) is 25.2 Å². The Labute approximate surface area is 199 Å². The van der Waals surface area contributed by atoms with Crippen LogP contribution in [0.3, 0.4) is 0 Å². The van der Waals surface area contributed by atoms with Crippen molar-refractivity contribution >= 4 is 29.2 Å². The Morgan fingerprint density at radius 2 is 1.42 bits per heavy atom. The molecule has 1 unspecified atom stereocenters. The van der Waals surface area contributed by atoms with Gasteiger partial charge in [0.25, 0.3) is 0 Å². The second-order valence-electron chi connectivity index (χ2n) is 8.04. The first-order chi connectivity index (χ1) is 16.1. The van der Waals surface area contributed by atoms with E-state index < -0.39 is 12.1 Å². The van der Waals surface area contributed by atoms with Gasteiger partial charge in [0.05, 0.1) is 0 Å². The number of rotatable bonds is 6. The van der Waals surface area contributed by atoms with Gasteiger partial charge in [0.15, 0.2) is 0 Å². The quantitative estimate of drug-likeness (QED) is 0.565. The molecule has 0 bridgehead atoms. The van der Waals surface area contributed by atoms with Gasteiger partial charge in [0, 0.05) is 43.4 Å². The van der Waals surface area contributed by atoms with Gasteiger partial charge >= 0.3 is 6.03 Å². The summed E-state index contributed by atoms with van der Waals surface area (Å²) in [5.74, 6) is -0.105. The summed E-state index contributed by atoms with van der Waals surface area (Å²) in [5, 5.41) is 6.22. The summed E-state index contributed by atoms with van der Waals surface area (Å²) in [5.41, 5.74) is 2.62. The Bertz CT molecular complexity index is 1050. The van der Waals surface area contributed by atoms with E-state index >= 15 is 0 Å². The Hall–Kier alpha value is -3.35. The summed E-state index contributed by atoms with van der Waals surface area (Å²) in [4.78, 5) is 30.3. The highest BCUT2D eigenvalue weighted by molar-refractivity contribution is 6.30. The molecule has 1 aliphatic heterocycles. The molecule has 170 valence electrons. The van der Waals surface area contributed by atoms with Gasteiger partial charge in [-0.05, 0) is 35.4 Å². The molecule has 1 fully saturated rings. The van der Waals surface area contributed by atoms with Crippen molar-refractivity contribution in [2.45, 2.75) is 12.6 Å². The summed E-state index contributed by atoms with van der Waals surface area (Å²) >= 11 is 5.91. The maximum atomic E-state index is 13.4. The molecule has 1 atom stereocenters. The third-order valence-corrected chi connectivity index (χ3v) is 5.94. The second-order valence-corrected chi connectivity index (χ2v) is 8.47. The number of carbonyl (C=O) groups is 2. The molecular weight excluding hydrogens is 436 g/mol. The van der Waals surface area contributed by atoms with Crippen molar-refractivity contribution in [3.63, 3.8) is 0 Å². The van der Waals surface area contributed by atoms with Crippen molar-refractivity contribution in [2.24, 2.45) is 0 Å². The van der Waals surface area contributed by atoms with Gasteiger partial charge in [0.1, 0.15) is 6.04 Å². The van der Waals surface area contributed by atoms with Crippen LogP contribution in [0.1, 0.15) is 17.2 Å². The van der Waals surface area contributed by atoms with Crippen LogP contribution >= 0.6 is 11.6 Å². The van der Waals surface area contributed by atoms with Crippen LogP contribution in [0.2, 0.25) is 5.02 Å². The molecule has 3 aromatic carbocycles. The summed E-state index contributed by atoms with van der Waals surface area (Å²) < 4.78 is 0. The fourth-order valence-corrected chi connectivity index (χ4v) is 4.04. The third-order valence-electron chi connectivity index (χ3n) is 5.69. The van der Waals surface area contributed by atoms with Crippen LogP contribution in [0.25, 0.3) is 0 Å². The number of hydrogen-bond acceptors (Lipinski definition) is 3. The van der Waals surface area contributed by atoms with Crippen LogP contribution in [0.15, 0.2) is 84.9 Å². The average Bonchev–Trinajstić information content (AvgIpc) is 2.85. The SMILES string of the molecule is O=C(Nc1ccc(Cl)cc1)NC(C(=O)N1CCN(Cc2ccccc2)CC1)c1ccccc1. The first kappa shape index (κ1) is 22.8. The maximum absolute atomic E-state index is 13.4. The molecule has 33 heavy (non-hydrogen) atoms. The minimum Gasteiger partial charge on any atom is -0.338 e. The molecule has 6 nitrogen and oxygen atoms in total. The first-order valence-electron chi connectivity index (χ1n) is 11.0. The second kappa shape index (κ2) is 11.0.